The van der Waals surface area contributed by atoms with Crippen LogP contribution in [0.5, 0.6) is 0 Å². The topological polar surface area (TPSA) is 58.6 Å². The van der Waals surface area contributed by atoms with Gasteiger partial charge in [-0.15, -0.1) is 0 Å². The van der Waals surface area contributed by atoms with Gasteiger partial charge in [0.15, 0.2) is 0 Å². The molecule has 0 saturated carbocycles. The number of rotatable bonds is 3. The summed E-state index contributed by atoms with van der Waals surface area (Å²) < 4.78 is 40.8. The number of nitrogens with one attached hydrogen (secondary N) is 1. The predicted molar refractivity (Wildman–Crippen MR) is 39.6 cm³/mol. The molecular formula is C7H10F3NO3. The molecule has 1 heterocycles. The number of aliphatic hydroxyl groups is 1. The van der Waals surface area contributed by atoms with Crippen molar-refractivity contribution in [3.8, 4) is 0 Å². The van der Waals surface area contributed by atoms with Crippen molar-refractivity contribution in [3.05, 3.63) is 0 Å². The molecule has 1 rings (SSSR count). The number of carbonyl (C=O) groups is 1. The first kappa shape index (κ1) is 11.1. The van der Waals surface area contributed by atoms with E-state index in [4.69, 9.17) is 5.11 Å². The number of alkyl carbamates (subject to hydrolysis) is 1. The van der Waals surface area contributed by atoms with E-state index in [1.165, 1.54) is 0 Å². The second kappa shape index (κ2) is 4.04. The fourth-order valence-electron chi connectivity index (χ4n) is 1.29. The Morgan fingerprint density at radius 1 is 1.50 bits per heavy atom. The fraction of sp³-hybridized carbons (Fsp3) is 0.857. The lowest BCUT2D eigenvalue weighted by molar-refractivity contribution is -0.199. The van der Waals surface area contributed by atoms with Gasteiger partial charge in [-0.25, -0.2) is 4.79 Å². The molecule has 0 aliphatic carbocycles. The first-order valence-electron chi connectivity index (χ1n) is 4.10. The smallest absolute Gasteiger partial charge is 0.427 e. The maximum atomic E-state index is 12.2. The molecule has 0 spiro atoms. The molecule has 1 saturated heterocycles. The minimum absolute atomic E-state index is 0.0480. The second-order valence-electron chi connectivity index (χ2n) is 2.98. The monoisotopic (exact) mass is 213 g/mol. The Hall–Kier alpha value is -0.980. The third-order valence-corrected chi connectivity index (χ3v) is 1.90. The van der Waals surface area contributed by atoms with Gasteiger partial charge in [-0.3, -0.25) is 0 Å². The highest BCUT2D eigenvalue weighted by Crippen LogP contribution is 2.30. The van der Waals surface area contributed by atoms with E-state index in [0.29, 0.717) is 0 Å². The maximum Gasteiger partial charge on any atom is 0.427 e. The highest BCUT2D eigenvalue weighted by atomic mass is 19.4. The summed E-state index contributed by atoms with van der Waals surface area (Å²) in [4.78, 5) is 10.6. The Labute approximate surface area is 78.0 Å². The molecule has 0 aromatic carbocycles. The molecule has 7 heteroatoms. The summed E-state index contributed by atoms with van der Waals surface area (Å²) in [5.74, 6) is 0. The van der Waals surface area contributed by atoms with Gasteiger partial charge in [-0.1, -0.05) is 0 Å². The Kier molecular flexibility index (Phi) is 3.20. The van der Waals surface area contributed by atoms with E-state index < -0.39 is 24.4 Å². The zero-order valence-electron chi connectivity index (χ0n) is 7.17. The summed E-state index contributed by atoms with van der Waals surface area (Å²) in [6, 6.07) is -1.09. The van der Waals surface area contributed by atoms with Crippen LogP contribution in [0.25, 0.3) is 0 Å². The molecule has 1 amide bonds. The lowest BCUT2D eigenvalue weighted by Crippen LogP contribution is -2.41. The molecule has 0 bridgehead atoms. The quantitative estimate of drug-likeness (QED) is 0.728. The van der Waals surface area contributed by atoms with Crippen molar-refractivity contribution in [2.24, 2.45) is 0 Å². The maximum absolute atomic E-state index is 12.2. The van der Waals surface area contributed by atoms with Gasteiger partial charge in [-0.2, -0.15) is 13.2 Å². The SMILES string of the molecule is O=C1N[C@@H](CCCO)[C@H](C(F)(F)F)O1. The summed E-state index contributed by atoms with van der Waals surface area (Å²) in [6.45, 7) is -0.211. The molecule has 2 atom stereocenters. The normalized spacial score (nSPS) is 27.3. The first-order valence-corrected chi connectivity index (χ1v) is 4.10. The van der Waals surface area contributed by atoms with Gasteiger partial charge in [0.2, 0.25) is 6.10 Å². The molecule has 0 unspecified atom stereocenters. The number of amides is 1. The largest absolute Gasteiger partial charge is 0.434 e. The average molecular weight is 213 g/mol. The van der Waals surface area contributed by atoms with Crippen molar-refractivity contribution in [3.63, 3.8) is 0 Å². The molecule has 1 aliphatic heterocycles. The van der Waals surface area contributed by atoms with Crippen LogP contribution in [0.3, 0.4) is 0 Å². The molecule has 82 valence electrons. The van der Waals surface area contributed by atoms with Crippen LogP contribution in [-0.4, -0.2) is 36.1 Å². The molecule has 0 aromatic rings. The number of ether oxygens (including phenoxy) is 1. The molecule has 1 aliphatic rings. The van der Waals surface area contributed by atoms with Crippen LogP contribution in [0, 0.1) is 0 Å². The third-order valence-electron chi connectivity index (χ3n) is 1.90. The molecule has 14 heavy (non-hydrogen) atoms. The van der Waals surface area contributed by atoms with E-state index in [9.17, 15) is 18.0 Å². The van der Waals surface area contributed by atoms with E-state index >= 15 is 0 Å². The lowest BCUT2D eigenvalue weighted by Gasteiger charge is -2.18. The van der Waals surface area contributed by atoms with Crippen LogP contribution in [-0.2, 0) is 4.74 Å². The average Bonchev–Trinajstić information content (AvgIpc) is 2.42. The van der Waals surface area contributed by atoms with Crippen LogP contribution in [0.4, 0.5) is 18.0 Å². The van der Waals surface area contributed by atoms with Crippen molar-refractivity contribution in [1.82, 2.24) is 5.32 Å². The molecule has 4 nitrogen and oxygen atoms in total. The zero-order chi connectivity index (χ0) is 10.8. The first-order chi connectivity index (χ1) is 6.45. The number of halogens is 3. The number of hydrogen-bond acceptors (Lipinski definition) is 3. The van der Waals surface area contributed by atoms with Crippen LogP contribution in [0.1, 0.15) is 12.8 Å². The number of cyclic esters (lactones) is 1. The highest BCUT2D eigenvalue weighted by Gasteiger charge is 2.51. The van der Waals surface area contributed by atoms with Crippen molar-refractivity contribution < 1.29 is 27.8 Å². The van der Waals surface area contributed by atoms with Crippen molar-refractivity contribution in [1.29, 1.82) is 0 Å². The summed E-state index contributed by atoms with van der Waals surface area (Å²) in [5.41, 5.74) is 0. The Bertz CT molecular complexity index is 219. The molecular weight excluding hydrogens is 203 g/mol. The Morgan fingerprint density at radius 3 is 2.64 bits per heavy atom. The fourth-order valence-corrected chi connectivity index (χ4v) is 1.29. The van der Waals surface area contributed by atoms with Gasteiger partial charge in [-0.05, 0) is 12.8 Å². The summed E-state index contributed by atoms with van der Waals surface area (Å²) in [7, 11) is 0. The summed E-state index contributed by atoms with van der Waals surface area (Å²) >= 11 is 0. The third kappa shape index (κ3) is 2.50. The minimum atomic E-state index is -4.56. The van der Waals surface area contributed by atoms with Crippen molar-refractivity contribution in [2.45, 2.75) is 31.2 Å². The van der Waals surface area contributed by atoms with Crippen molar-refractivity contribution in [2.75, 3.05) is 6.61 Å². The molecule has 1 fully saturated rings. The van der Waals surface area contributed by atoms with Gasteiger partial charge in [0.25, 0.3) is 0 Å². The van der Waals surface area contributed by atoms with Crippen LogP contribution in [0.2, 0.25) is 0 Å². The van der Waals surface area contributed by atoms with Gasteiger partial charge in [0, 0.05) is 6.61 Å². The standard InChI is InChI=1S/C7H10F3NO3/c8-7(9,10)5-4(2-1-3-12)11-6(13)14-5/h4-5,12H,1-3H2,(H,11,13)/t4-,5+/m0/s1. The number of hydrogen-bond donors (Lipinski definition) is 2. The Morgan fingerprint density at radius 2 is 2.14 bits per heavy atom. The van der Waals surface area contributed by atoms with E-state index in [-0.39, 0.29) is 19.4 Å². The predicted octanol–water partition coefficient (Wildman–Crippen LogP) is 0.798. The number of aliphatic hydroxyl groups excluding tert-OH is 1. The van der Waals surface area contributed by atoms with E-state index in [0.717, 1.165) is 0 Å². The van der Waals surface area contributed by atoms with Crippen LogP contribution >= 0.6 is 0 Å². The van der Waals surface area contributed by atoms with Gasteiger partial charge in [0.1, 0.15) is 0 Å². The minimum Gasteiger partial charge on any atom is -0.434 e. The molecule has 0 radical (unpaired) electrons. The van der Waals surface area contributed by atoms with E-state index in [1.807, 2.05) is 0 Å². The Balaban J connectivity index is 2.58. The van der Waals surface area contributed by atoms with E-state index in [1.54, 1.807) is 0 Å². The highest BCUT2D eigenvalue weighted by molar-refractivity contribution is 5.70. The van der Waals surface area contributed by atoms with Gasteiger partial charge in [0.05, 0.1) is 6.04 Å². The lowest BCUT2D eigenvalue weighted by atomic mass is 10.1. The summed E-state index contributed by atoms with van der Waals surface area (Å²) in [5, 5.41) is 10.5. The number of alkyl halides is 3. The van der Waals surface area contributed by atoms with Crippen LogP contribution in [0.15, 0.2) is 0 Å². The molecule has 0 aromatic heterocycles. The van der Waals surface area contributed by atoms with Gasteiger partial charge >= 0.3 is 12.3 Å². The van der Waals surface area contributed by atoms with Crippen molar-refractivity contribution >= 4 is 6.09 Å². The van der Waals surface area contributed by atoms with E-state index in [2.05, 4.69) is 10.1 Å². The molecule has 2 N–H and O–H groups in total. The summed E-state index contributed by atoms with van der Waals surface area (Å²) in [6.07, 6.45) is -7.47. The second-order valence-corrected chi connectivity index (χ2v) is 2.98. The number of carbonyl (C=O) groups excluding carboxylic acids is 1. The van der Waals surface area contributed by atoms with Gasteiger partial charge < -0.3 is 15.2 Å². The van der Waals surface area contributed by atoms with Crippen LogP contribution < -0.4 is 5.32 Å². The zero-order valence-corrected chi connectivity index (χ0v) is 7.17.